The van der Waals surface area contributed by atoms with Crippen molar-refractivity contribution in [1.82, 2.24) is 10.3 Å². The van der Waals surface area contributed by atoms with Crippen molar-refractivity contribution in [2.24, 2.45) is 0 Å². The number of nitrogens with zero attached hydrogens (tertiary/aromatic N) is 1. The first-order valence-corrected chi connectivity index (χ1v) is 5.64. The first-order valence-electron chi connectivity index (χ1n) is 5.64. The highest BCUT2D eigenvalue weighted by Crippen LogP contribution is 2.09. The lowest BCUT2D eigenvalue weighted by molar-refractivity contribution is 0.0950. The monoisotopic (exact) mass is 242 g/mol. The van der Waals surface area contributed by atoms with Gasteiger partial charge in [-0.15, -0.1) is 0 Å². The lowest BCUT2D eigenvalue weighted by Crippen LogP contribution is -2.22. The van der Waals surface area contributed by atoms with Crippen LogP contribution in [0.1, 0.15) is 21.6 Å². The van der Waals surface area contributed by atoms with E-state index in [-0.39, 0.29) is 11.7 Å². The second-order valence-corrected chi connectivity index (χ2v) is 4.04. The molecule has 0 aliphatic rings. The van der Waals surface area contributed by atoms with Crippen molar-refractivity contribution in [3.8, 4) is 5.75 Å². The van der Waals surface area contributed by atoms with Gasteiger partial charge in [-0.3, -0.25) is 9.78 Å². The maximum absolute atomic E-state index is 11.8. The number of aromatic hydroxyl groups is 1. The average molecular weight is 242 g/mol. The number of aryl methyl sites for hydroxylation is 1. The Hall–Kier alpha value is -2.36. The molecule has 4 heteroatoms. The number of carbonyl (C=O) groups excluding carboxylic acids is 1. The van der Waals surface area contributed by atoms with E-state index in [0.717, 1.165) is 11.3 Å². The van der Waals surface area contributed by atoms with E-state index in [9.17, 15) is 4.79 Å². The predicted molar refractivity (Wildman–Crippen MR) is 68.3 cm³/mol. The SMILES string of the molecule is Cc1cc(C(=O)NCc2ccc(O)cc2)ccn1. The maximum atomic E-state index is 11.8. The Bertz CT molecular complexity index is 550. The summed E-state index contributed by atoms with van der Waals surface area (Å²) in [6, 6.07) is 10.2. The van der Waals surface area contributed by atoms with Crippen LogP contribution in [0.4, 0.5) is 0 Å². The normalized spacial score (nSPS) is 10.1. The summed E-state index contributed by atoms with van der Waals surface area (Å²) in [5.74, 6) is 0.0865. The van der Waals surface area contributed by atoms with E-state index in [1.54, 1.807) is 42.6 Å². The molecule has 18 heavy (non-hydrogen) atoms. The summed E-state index contributed by atoms with van der Waals surface area (Å²) in [5.41, 5.74) is 2.35. The van der Waals surface area contributed by atoms with Crippen molar-refractivity contribution in [2.45, 2.75) is 13.5 Å². The molecule has 0 unspecified atom stereocenters. The smallest absolute Gasteiger partial charge is 0.251 e. The molecule has 0 saturated heterocycles. The molecule has 0 fully saturated rings. The van der Waals surface area contributed by atoms with Crippen molar-refractivity contribution in [3.63, 3.8) is 0 Å². The Morgan fingerprint density at radius 2 is 2.00 bits per heavy atom. The van der Waals surface area contributed by atoms with Gasteiger partial charge in [-0.25, -0.2) is 0 Å². The molecule has 2 N–H and O–H groups in total. The van der Waals surface area contributed by atoms with E-state index in [2.05, 4.69) is 10.3 Å². The van der Waals surface area contributed by atoms with E-state index in [4.69, 9.17) is 5.11 Å². The minimum absolute atomic E-state index is 0.131. The van der Waals surface area contributed by atoms with Crippen LogP contribution in [-0.4, -0.2) is 16.0 Å². The lowest BCUT2D eigenvalue weighted by Gasteiger charge is -2.06. The van der Waals surface area contributed by atoms with Crippen LogP contribution in [0.3, 0.4) is 0 Å². The zero-order chi connectivity index (χ0) is 13.0. The fraction of sp³-hybridized carbons (Fsp3) is 0.143. The lowest BCUT2D eigenvalue weighted by atomic mass is 10.2. The van der Waals surface area contributed by atoms with Crippen molar-refractivity contribution in [2.75, 3.05) is 0 Å². The van der Waals surface area contributed by atoms with Gasteiger partial charge in [-0.05, 0) is 36.8 Å². The number of carbonyl (C=O) groups is 1. The van der Waals surface area contributed by atoms with Gasteiger partial charge in [0.05, 0.1) is 0 Å². The maximum Gasteiger partial charge on any atom is 0.251 e. The number of benzene rings is 1. The van der Waals surface area contributed by atoms with Gasteiger partial charge in [0.15, 0.2) is 0 Å². The highest BCUT2D eigenvalue weighted by molar-refractivity contribution is 5.94. The molecule has 0 aliphatic carbocycles. The molecule has 2 rings (SSSR count). The van der Waals surface area contributed by atoms with E-state index < -0.39 is 0 Å². The van der Waals surface area contributed by atoms with Crippen LogP contribution in [0.2, 0.25) is 0 Å². The standard InChI is InChI=1S/C14H14N2O2/c1-10-8-12(6-7-15-10)14(18)16-9-11-2-4-13(17)5-3-11/h2-8,17H,9H2,1H3,(H,16,18). The van der Waals surface area contributed by atoms with Gasteiger partial charge < -0.3 is 10.4 Å². The van der Waals surface area contributed by atoms with Crippen LogP contribution >= 0.6 is 0 Å². The molecule has 1 amide bonds. The second kappa shape index (κ2) is 5.31. The van der Waals surface area contributed by atoms with Gasteiger partial charge in [0, 0.05) is 24.0 Å². The fourth-order valence-electron chi connectivity index (χ4n) is 1.58. The molecule has 4 nitrogen and oxygen atoms in total. The molecule has 92 valence electrons. The molecule has 0 spiro atoms. The van der Waals surface area contributed by atoms with E-state index in [1.165, 1.54) is 0 Å². The van der Waals surface area contributed by atoms with Crippen LogP contribution in [0.25, 0.3) is 0 Å². The molecule has 0 atom stereocenters. The predicted octanol–water partition coefficient (Wildman–Crippen LogP) is 2.03. The summed E-state index contributed by atoms with van der Waals surface area (Å²) in [4.78, 5) is 15.9. The molecule has 1 heterocycles. The first-order chi connectivity index (χ1) is 8.65. The van der Waals surface area contributed by atoms with Gasteiger partial charge in [-0.2, -0.15) is 0 Å². The molecular formula is C14H14N2O2. The van der Waals surface area contributed by atoms with Crippen molar-refractivity contribution in [3.05, 3.63) is 59.4 Å². The Morgan fingerprint density at radius 1 is 1.28 bits per heavy atom. The third-order valence-electron chi connectivity index (χ3n) is 2.55. The molecule has 0 aliphatic heterocycles. The Labute approximate surface area is 105 Å². The number of nitrogens with one attached hydrogen (secondary N) is 1. The molecule has 0 radical (unpaired) electrons. The molecule has 1 aromatic heterocycles. The van der Waals surface area contributed by atoms with E-state index in [0.29, 0.717) is 12.1 Å². The number of phenols is 1. The van der Waals surface area contributed by atoms with Crippen LogP contribution in [0, 0.1) is 6.92 Å². The number of amides is 1. The topological polar surface area (TPSA) is 62.2 Å². The minimum Gasteiger partial charge on any atom is -0.508 e. The van der Waals surface area contributed by atoms with Gasteiger partial charge in [0.2, 0.25) is 0 Å². The molecule has 2 aromatic rings. The van der Waals surface area contributed by atoms with Gasteiger partial charge >= 0.3 is 0 Å². The first kappa shape index (κ1) is 12.1. The molecule has 0 saturated carbocycles. The van der Waals surface area contributed by atoms with Gasteiger partial charge in [0.25, 0.3) is 5.91 Å². The number of pyridine rings is 1. The van der Waals surface area contributed by atoms with Crippen LogP contribution < -0.4 is 5.32 Å². The summed E-state index contributed by atoms with van der Waals surface area (Å²) in [7, 11) is 0. The minimum atomic E-state index is -0.131. The third kappa shape index (κ3) is 3.07. The van der Waals surface area contributed by atoms with Crippen LogP contribution in [-0.2, 0) is 6.54 Å². The zero-order valence-corrected chi connectivity index (χ0v) is 10.1. The quantitative estimate of drug-likeness (QED) is 0.865. The second-order valence-electron chi connectivity index (χ2n) is 4.04. The van der Waals surface area contributed by atoms with Crippen molar-refractivity contribution >= 4 is 5.91 Å². The zero-order valence-electron chi connectivity index (χ0n) is 10.1. The van der Waals surface area contributed by atoms with Crippen molar-refractivity contribution in [1.29, 1.82) is 0 Å². The summed E-state index contributed by atoms with van der Waals surface area (Å²) in [6.07, 6.45) is 1.62. The van der Waals surface area contributed by atoms with Gasteiger partial charge in [-0.1, -0.05) is 12.1 Å². The fourth-order valence-corrected chi connectivity index (χ4v) is 1.58. The summed E-state index contributed by atoms with van der Waals surface area (Å²) < 4.78 is 0. The van der Waals surface area contributed by atoms with Gasteiger partial charge in [0.1, 0.15) is 5.75 Å². The van der Waals surface area contributed by atoms with Crippen LogP contribution in [0.5, 0.6) is 5.75 Å². The summed E-state index contributed by atoms with van der Waals surface area (Å²) in [5, 5.41) is 12.0. The number of aromatic nitrogens is 1. The number of phenolic OH excluding ortho intramolecular Hbond substituents is 1. The van der Waals surface area contributed by atoms with Crippen LogP contribution in [0.15, 0.2) is 42.6 Å². The molecular weight excluding hydrogens is 228 g/mol. The van der Waals surface area contributed by atoms with E-state index in [1.807, 2.05) is 6.92 Å². The largest absolute Gasteiger partial charge is 0.508 e. The molecule has 0 bridgehead atoms. The Balaban J connectivity index is 1.98. The number of rotatable bonds is 3. The molecule has 1 aromatic carbocycles. The summed E-state index contributed by atoms with van der Waals surface area (Å²) in [6.45, 7) is 2.28. The Kier molecular flexibility index (Phi) is 3.57. The van der Waals surface area contributed by atoms with E-state index >= 15 is 0 Å². The Morgan fingerprint density at radius 3 is 2.67 bits per heavy atom. The number of hydrogen-bond donors (Lipinski definition) is 2. The highest BCUT2D eigenvalue weighted by atomic mass is 16.3. The number of hydrogen-bond acceptors (Lipinski definition) is 3. The third-order valence-corrected chi connectivity index (χ3v) is 2.55. The summed E-state index contributed by atoms with van der Waals surface area (Å²) >= 11 is 0. The highest BCUT2D eigenvalue weighted by Gasteiger charge is 2.05. The average Bonchev–Trinajstić information content (AvgIpc) is 2.38. The van der Waals surface area contributed by atoms with Crippen molar-refractivity contribution < 1.29 is 9.90 Å².